The predicted octanol–water partition coefficient (Wildman–Crippen LogP) is 0.582. The molecule has 2 rings (SSSR count). The van der Waals surface area contributed by atoms with Crippen molar-refractivity contribution in [1.29, 1.82) is 0 Å². The number of nitrogens with one attached hydrogen (secondary N) is 1. The summed E-state index contributed by atoms with van der Waals surface area (Å²) >= 11 is 1.10. The summed E-state index contributed by atoms with van der Waals surface area (Å²) in [6.45, 7) is 0.510. The quantitative estimate of drug-likeness (QED) is 0.810. The third-order valence-electron chi connectivity index (χ3n) is 1.95. The molecule has 8 heteroatoms. The summed E-state index contributed by atoms with van der Waals surface area (Å²) in [5.41, 5.74) is 0.895. The van der Waals surface area contributed by atoms with Crippen LogP contribution in [-0.2, 0) is 13.6 Å². The van der Waals surface area contributed by atoms with Gasteiger partial charge in [0.15, 0.2) is 5.13 Å². The van der Waals surface area contributed by atoms with Crippen LogP contribution >= 0.6 is 11.3 Å². The fraction of sp³-hybridized carbons (Fsp3) is 0.250. The number of carboxylic acids is 1. The lowest BCUT2D eigenvalue weighted by atomic mass is 10.5. The van der Waals surface area contributed by atoms with Gasteiger partial charge in [-0.1, -0.05) is 16.6 Å². The molecule has 0 bridgehead atoms. The van der Waals surface area contributed by atoms with Gasteiger partial charge in [-0.05, 0) is 0 Å². The number of aromatic carboxylic acids is 1. The summed E-state index contributed by atoms with van der Waals surface area (Å²) in [6, 6.07) is 0. The fourth-order valence-corrected chi connectivity index (χ4v) is 1.74. The van der Waals surface area contributed by atoms with Gasteiger partial charge in [-0.2, -0.15) is 0 Å². The van der Waals surface area contributed by atoms with E-state index in [4.69, 9.17) is 5.11 Å². The summed E-state index contributed by atoms with van der Waals surface area (Å²) in [4.78, 5) is 14.8. The molecule has 0 saturated carbocycles. The number of carboxylic acid groups (broad SMARTS) is 1. The highest BCUT2D eigenvalue weighted by Gasteiger charge is 2.08. The Kier molecular flexibility index (Phi) is 2.82. The van der Waals surface area contributed by atoms with Crippen LogP contribution in [0, 0.1) is 0 Å². The molecular weight excluding hydrogens is 230 g/mol. The van der Waals surface area contributed by atoms with Gasteiger partial charge in [0.2, 0.25) is 0 Å². The number of rotatable bonds is 4. The van der Waals surface area contributed by atoms with Crippen molar-refractivity contribution in [2.75, 3.05) is 5.32 Å². The normalized spacial score (nSPS) is 10.3. The standard InChI is InChI=1S/C8H9N5O2S/c1-13-5(3-11-12-13)2-9-8-10-4-6(16-8)7(14)15/h3-4H,2H2,1H3,(H,9,10)(H,14,15). The minimum Gasteiger partial charge on any atom is -0.477 e. The fourth-order valence-electron chi connectivity index (χ4n) is 1.09. The van der Waals surface area contributed by atoms with Crippen molar-refractivity contribution < 1.29 is 9.90 Å². The largest absolute Gasteiger partial charge is 0.477 e. The lowest BCUT2D eigenvalue weighted by molar-refractivity contribution is 0.0702. The Labute approximate surface area is 94.7 Å². The molecule has 0 aliphatic rings. The van der Waals surface area contributed by atoms with Gasteiger partial charge in [0.25, 0.3) is 0 Å². The number of aryl methyl sites for hydroxylation is 1. The molecule has 16 heavy (non-hydrogen) atoms. The van der Waals surface area contributed by atoms with Crippen LogP contribution in [0.4, 0.5) is 5.13 Å². The highest BCUT2D eigenvalue weighted by Crippen LogP contribution is 2.18. The zero-order valence-electron chi connectivity index (χ0n) is 8.41. The van der Waals surface area contributed by atoms with E-state index < -0.39 is 5.97 Å². The lowest BCUT2D eigenvalue weighted by Crippen LogP contribution is -2.04. The van der Waals surface area contributed by atoms with Crippen molar-refractivity contribution in [3.8, 4) is 0 Å². The van der Waals surface area contributed by atoms with Crippen molar-refractivity contribution in [3.63, 3.8) is 0 Å². The van der Waals surface area contributed by atoms with Crippen molar-refractivity contribution in [1.82, 2.24) is 20.0 Å². The Morgan fingerprint density at radius 3 is 3.00 bits per heavy atom. The molecule has 0 radical (unpaired) electrons. The number of hydrogen-bond acceptors (Lipinski definition) is 6. The van der Waals surface area contributed by atoms with Crippen molar-refractivity contribution in [2.45, 2.75) is 6.54 Å². The highest BCUT2D eigenvalue weighted by atomic mass is 32.1. The minimum atomic E-state index is -0.965. The Hall–Kier alpha value is -1.96. The molecule has 2 heterocycles. The second-order valence-electron chi connectivity index (χ2n) is 3.04. The van der Waals surface area contributed by atoms with E-state index in [1.54, 1.807) is 17.9 Å². The third kappa shape index (κ3) is 2.16. The van der Waals surface area contributed by atoms with Crippen LogP contribution in [0.3, 0.4) is 0 Å². The van der Waals surface area contributed by atoms with E-state index in [0.29, 0.717) is 11.7 Å². The van der Waals surface area contributed by atoms with Crippen LogP contribution in [0.15, 0.2) is 12.4 Å². The predicted molar refractivity (Wildman–Crippen MR) is 57.4 cm³/mol. The monoisotopic (exact) mass is 239 g/mol. The Balaban J connectivity index is 2.00. The molecule has 7 nitrogen and oxygen atoms in total. The Morgan fingerprint density at radius 2 is 2.44 bits per heavy atom. The van der Waals surface area contributed by atoms with Crippen LogP contribution in [0.1, 0.15) is 15.4 Å². The topological polar surface area (TPSA) is 92.9 Å². The van der Waals surface area contributed by atoms with Gasteiger partial charge in [-0.3, -0.25) is 4.68 Å². The summed E-state index contributed by atoms with van der Waals surface area (Å²) in [5.74, 6) is -0.965. The maximum absolute atomic E-state index is 10.6. The highest BCUT2D eigenvalue weighted by molar-refractivity contribution is 7.17. The van der Waals surface area contributed by atoms with Crippen LogP contribution in [0.2, 0.25) is 0 Å². The van der Waals surface area contributed by atoms with E-state index in [-0.39, 0.29) is 4.88 Å². The number of anilines is 1. The molecule has 0 fully saturated rings. The summed E-state index contributed by atoms with van der Waals surface area (Å²) < 4.78 is 1.64. The van der Waals surface area contributed by atoms with Gasteiger partial charge < -0.3 is 10.4 Å². The summed E-state index contributed by atoms with van der Waals surface area (Å²) in [5, 5.41) is 19.8. The van der Waals surface area contributed by atoms with Crippen LogP contribution in [-0.4, -0.2) is 31.1 Å². The Morgan fingerprint density at radius 1 is 1.62 bits per heavy atom. The number of thiazole rings is 1. The van der Waals surface area contributed by atoms with Gasteiger partial charge in [0.1, 0.15) is 4.88 Å². The van der Waals surface area contributed by atoms with Crippen molar-refractivity contribution in [3.05, 3.63) is 23.0 Å². The molecule has 0 unspecified atom stereocenters. The first-order valence-electron chi connectivity index (χ1n) is 4.43. The zero-order valence-corrected chi connectivity index (χ0v) is 9.23. The maximum Gasteiger partial charge on any atom is 0.347 e. The van der Waals surface area contributed by atoms with Crippen molar-refractivity contribution >= 4 is 22.4 Å². The first-order chi connectivity index (χ1) is 7.66. The molecule has 2 aromatic heterocycles. The molecule has 0 amide bonds. The second kappa shape index (κ2) is 4.27. The van der Waals surface area contributed by atoms with Gasteiger partial charge in [0.05, 0.1) is 24.6 Å². The van der Waals surface area contributed by atoms with E-state index in [0.717, 1.165) is 17.0 Å². The average molecular weight is 239 g/mol. The molecule has 84 valence electrons. The minimum absolute atomic E-state index is 0.214. The second-order valence-corrected chi connectivity index (χ2v) is 4.07. The zero-order chi connectivity index (χ0) is 11.5. The SMILES string of the molecule is Cn1nncc1CNc1ncc(C(=O)O)s1. The number of aromatic nitrogens is 4. The van der Waals surface area contributed by atoms with E-state index in [1.807, 2.05) is 0 Å². The smallest absolute Gasteiger partial charge is 0.347 e. The van der Waals surface area contributed by atoms with Gasteiger partial charge >= 0.3 is 5.97 Å². The first-order valence-corrected chi connectivity index (χ1v) is 5.25. The molecule has 0 aliphatic carbocycles. The number of hydrogen-bond donors (Lipinski definition) is 2. The summed E-state index contributed by atoms with van der Waals surface area (Å²) in [6.07, 6.45) is 2.97. The third-order valence-corrected chi connectivity index (χ3v) is 2.89. The van der Waals surface area contributed by atoms with E-state index >= 15 is 0 Å². The van der Waals surface area contributed by atoms with Gasteiger partial charge in [0, 0.05) is 7.05 Å². The molecule has 0 atom stereocenters. The number of nitrogens with zero attached hydrogens (tertiary/aromatic N) is 4. The van der Waals surface area contributed by atoms with E-state index in [2.05, 4.69) is 20.6 Å². The molecule has 2 N–H and O–H groups in total. The Bertz CT molecular complexity index is 506. The van der Waals surface area contributed by atoms with Crippen LogP contribution in [0.25, 0.3) is 0 Å². The van der Waals surface area contributed by atoms with Gasteiger partial charge in [-0.25, -0.2) is 9.78 Å². The van der Waals surface area contributed by atoms with E-state index in [9.17, 15) is 4.79 Å². The van der Waals surface area contributed by atoms with E-state index in [1.165, 1.54) is 6.20 Å². The molecular formula is C8H9N5O2S. The number of carbonyl (C=O) groups is 1. The van der Waals surface area contributed by atoms with Crippen LogP contribution < -0.4 is 5.32 Å². The average Bonchev–Trinajstić information content (AvgIpc) is 2.83. The summed E-state index contributed by atoms with van der Waals surface area (Å²) in [7, 11) is 1.79. The van der Waals surface area contributed by atoms with Gasteiger partial charge in [-0.15, -0.1) is 5.10 Å². The molecule has 0 spiro atoms. The first kappa shape index (κ1) is 10.6. The molecule has 0 aliphatic heterocycles. The lowest BCUT2D eigenvalue weighted by Gasteiger charge is -2.00. The van der Waals surface area contributed by atoms with Crippen LogP contribution in [0.5, 0.6) is 0 Å². The van der Waals surface area contributed by atoms with Crippen molar-refractivity contribution in [2.24, 2.45) is 7.05 Å². The molecule has 0 saturated heterocycles. The maximum atomic E-state index is 10.6. The molecule has 2 aromatic rings. The molecule has 0 aromatic carbocycles.